The van der Waals surface area contributed by atoms with Gasteiger partial charge in [0.05, 0.1) is 16.9 Å². The summed E-state index contributed by atoms with van der Waals surface area (Å²) in [6.07, 6.45) is 5.46. The van der Waals surface area contributed by atoms with E-state index < -0.39 is 0 Å². The fourth-order valence-electron chi connectivity index (χ4n) is 2.47. The summed E-state index contributed by atoms with van der Waals surface area (Å²) in [6, 6.07) is 5.85. The van der Waals surface area contributed by atoms with Gasteiger partial charge in [0, 0.05) is 13.0 Å². The Morgan fingerprint density at radius 3 is 3.11 bits per heavy atom. The first kappa shape index (κ1) is 12.5. The predicted octanol–water partition coefficient (Wildman–Crippen LogP) is 3.76. The molecule has 0 fully saturated rings. The number of nitrogens with zero attached hydrogens (tertiary/aromatic N) is 2. The normalized spacial score (nSPS) is 14.2. The number of imidazole rings is 1. The second kappa shape index (κ2) is 5.25. The summed E-state index contributed by atoms with van der Waals surface area (Å²) in [7, 11) is 0. The van der Waals surface area contributed by atoms with Crippen LogP contribution in [0.1, 0.15) is 29.9 Å². The van der Waals surface area contributed by atoms with Crippen molar-refractivity contribution >= 4 is 11.6 Å². The summed E-state index contributed by atoms with van der Waals surface area (Å²) in [4.78, 5) is 4.46. The zero-order chi connectivity index (χ0) is 13.2. The van der Waals surface area contributed by atoms with Crippen LogP contribution in [0.3, 0.4) is 0 Å². The lowest BCUT2D eigenvalue weighted by Gasteiger charge is -2.16. The van der Waals surface area contributed by atoms with Crippen LogP contribution in [-0.4, -0.2) is 9.55 Å². The lowest BCUT2D eigenvalue weighted by molar-refractivity contribution is 0.292. The number of aromatic nitrogens is 2. The molecule has 0 aliphatic carbocycles. The molecule has 0 saturated carbocycles. The highest BCUT2D eigenvalue weighted by molar-refractivity contribution is 6.32. The molecule has 1 aliphatic rings. The number of ether oxygens (including phenoxy) is 1. The molecule has 0 radical (unpaired) electrons. The van der Waals surface area contributed by atoms with Gasteiger partial charge >= 0.3 is 0 Å². The average Bonchev–Trinajstić information content (AvgIpc) is 2.81. The SMILES string of the molecule is Cc1ccc(OCc2cnc3n2CCCC3)c(Cl)c1. The van der Waals surface area contributed by atoms with E-state index in [-0.39, 0.29) is 0 Å². The molecule has 0 amide bonds. The fourth-order valence-corrected chi connectivity index (χ4v) is 2.76. The first-order valence-electron chi connectivity index (χ1n) is 6.66. The van der Waals surface area contributed by atoms with Crippen molar-refractivity contribution in [3.63, 3.8) is 0 Å². The molecular weight excluding hydrogens is 260 g/mol. The summed E-state index contributed by atoms with van der Waals surface area (Å²) >= 11 is 6.17. The van der Waals surface area contributed by atoms with E-state index in [0.29, 0.717) is 11.6 Å². The molecule has 19 heavy (non-hydrogen) atoms. The Kier molecular flexibility index (Phi) is 3.47. The molecule has 0 unspecified atom stereocenters. The van der Waals surface area contributed by atoms with Crippen molar-refractivity contribution in [3.05, 3.63) is 46.5 Å². The maximum Gasteiger partial charge on any atom is 0.138 e. The van der Waals surface area contributed by atoms with Crippen LogP contribution in [0.5, 0.6) is 5.75 Å². The molecule has 4 heteroatoms. The molecule has 3 rings (SSSR count). The van der Waals surface area contributed by atoms with Crippen LogP contribution in [0.2, 0.25) is 5.02 Å². The third kappa shape index (κ3) is 2.61. The molecule has 1 aliphatic heterocycles. The Hall–Kier alpha value is -1.48. The Morgan fingerprint density at radius 2 is 2.26 bits per heavy atom. The van der Waals surface area contributed by atoms with E-state index in [1.54, 1.807) is 0 Å². The highest BCUT2D eigenvalue weighted by atomic mass is 35.5. The first-order chi connectivity index (χ1) is 9.24. The van der Waals surface area contributed by atoms with Gasteiger partial charge in [0.15, 0.2) is 0 Å². The van der Waals surface area contributed by atoms with Gasteiger partial charge < -0.3 is 9.30 Å². The van der Waals surface area contributed by atoms with E-state index in [0.717, 1.165) is 30.0 Å². The molecule has 0 atom stereocenters. The van der Waals surface area contributed by atoms with Crippen molar-refractivity contribution in [2.75, 3.05) is 0 Å². The van der Waals surface area contributed by atoms with Crippen molar-refractivity contribution < 1.29 is 4.74 Å². The van der Waals surface area contributed by atoms with Gasteiger partial charge in [0.1, 0.15) is 18.2 Å². The van der Waals surface area contributed by atoms with Gasteiger partial charge in [-0.2, -0.15) is 0 Å². The third-order valence-electron chi connectivity index (χ3n) is 3.52. The lowest BCUT2D eigenvalue weighted by atomic mass is 10.2. The van der Waals surface area contributed by atoms with Gasteiger partial charge in [-0.05, 0) is 37.5 Å². The molecule has 1 aromatic heterocycles. The summed E-state index contributed by atoms with van der Waals surface area (Å²) in [5.74, 6) is 1.92. The Labute approximate surface area is 118 Å². The van der Waals surface area contributed by atoms with E-state index in [9.17, 15) is 0 Å². The van der Waals surface area contributed by atoms with Gasteiger partial charge in [-0.15, -0.1) is 0 Å². The quantitative estimate of drug-likeness (QED) is 0.853. The summed E-state index contributed by atoms with van der Waals surface area (Å²) < 4.78 is 8.08. The average molecular weight is 277 g/mol. The second-order valence-electron chi connectivity index (χ2n) is 5.00. The van der Waals surface area contributed by atoms with E-state index in [1.807, 2.05) is 31.3 Å². The topological polar surface area (TPSA) is 27.1 Å². The minimum Gasteiger partial charge on any atom is -0.486 e. The Bertz CT molecular complexity index is 592. The van der Waals surface area contributed by atoms with Crippen LogP contribution in [0.15, 0.2) is 24.4 Å². The van der Waals surface area contributed by atoms with Gasteiger partial charge in [0.25, 0.3) is 0 Å². The summed E-state index contributed by atoms with van der Waals surface area (Å²) in [6.45, 7) is 3.59. The lowest BCUT2D eigenvalue weighted by Crippen LogP contribution is -2.14. The number of halogens is 1. The zero-order valence-electron chi connectivity index (χ0n) is 11.0. The highest BCUT2D eigenvalue weighted by Gasteiger charge is 2.14. The molecular formula is C15H17ClN2O. The van der Waals surface area contributed by atoms with Gasteiger partial charge in [0.2, 0.25) is 0 Å². The molecule has 3 nitrogen and oxygen atoms in total. The first-order valence-corrected chi connectivity index (χ1v) is 7.04. The maximum absolute atomic E-state index is 6.17. The van der Waals surface area contributed by atoms with Crippen molar-refractivity contribution in [2.24, 2.45) is 0 Å². The number of hydrogen-bond acceptors (Lipinski definition) is 2. The number of rotatable bonds is 3. The van der Waals surface area contributed by atoms with Gasteiger partial charge in [-0.3, -0.25) is 0 Å². The predicted molar refractivity (Wildman–Crippen MR) is 75.7 cm³/mol. The molecule has 2 aromatic rings. The number of aryl methyl sites for hydroxylation is 2. The largest absolute Gasteiger partial charge is 0.486 e. The van der Waals surface area contributed by atoms with E-state index in [2.05, 4.69) is 9.55 Å². The van der Waals surface area contributed by atoms with Crippen molar-refractivity contribution in [3.8, 4) is 5.75 Å². The van der Waals surface area contributed by atoms with Crippen LogP contribution in [-0.2, 0) is 19.6 Å². The van der Waals surface area contributed by atoms with Crippen LogP contribution in [0.25, 0.3) is 0 Å². The van der Waals surface area contributed by atoms with Crippen molar-refractivity contribution in [2.45, 2.75) is 39.3 Å². The van der Waals surface area contributed by atoms with E-state index in [1.165, 1.54) is 18.7 Å². The van der Waals surface area contributed by atoms with Crippen molar-refractivity contribution in [1.82, 2.24) is 9.55 Å². The fraction of sp³-hybridized carbons (Fsp3) is 0.400. The molecule has 1 aromatic carbocycles. The molecule has 0 bridgehead atoms. The minimum atomic E-state index is 0.524. The van der Waals surface area contributed by atoms with Gasteiger partial charge in [-0.1, -0.05) is 17.7 Å². The zero-order valence-corrected chi connectivity index (χ0v) is 11.8. The van der Waals surface area contributed by atoms with Crippen LogP contribution in [0, 0.1) is 6.92 Å². The smallest absolute Gasteiger partial charge is 0.138 e. The van der Waals surface area contributed by atoms with Crippen LogP contribution < -0.4 is 4.74 Å². The Balaban J connectivity index is 1.74. The van der Waals surface area contributed by atoms with E-state index >= 15 is 0 Å². The van der Waals surface area contributed by atoms with Crippen LogP contribution >= 0.6 is 11.6 Å². The van der Waals surface area contributed by atoms with Crippen LogP contribution in [0.4, 0.5) is 0 Å². The summed E-state index contributed by atoms with van der Waals surface area (Å²) in [5.41, 5.74) is 2.27. The number of fused-ring (bicyclic) bond motifs is 1. The minimum absolute atomic E-state index is 0.524. The standard InChI is InChI=1S/C15H17ClN2O/c1-11-5-6-14(13(16)8-11)19-10-12-9-17-15-4-2-3-7-18(12)15/h5-6,8-9H,2-4,7,10H2,1H3. The number of benzene rings is 1. The number of hydrogen-bond donors (Lipinski definition) is 0. The molecule has 0 N–H and O–H groups in total. The Morgan fingerprint density at radius 1 is 1.37 bits per heavy atom. The maximum atomic E-state index is 6.17. The molecule has 100 valence electrons. The monoisotopic (exact) mass is 276 g/mol. The van der Waals surface area contributed by atoms with Gasteiger partial charge in [-0.25, -0.2) is 4.98 Å². The molecule has 0 spiro atoms. The molecule has 0 saturated heterocycles. The summed E-state index contributed by atoms with van der Waals surface area (Å²) in [5, 5.41) is 0.665. The highest BCUT2D eigenvalue weighted by Crippen LogP contribution is 2.26. The van der Waals surface area contributed by atoms with E-state index in [4.69, 9.17) is 16.3 Å². The molecule has 2 heterocycles. The van der Waals surface area contributed by atoms with Crippen molar-refractivity contribution in [1.29, 1.82) is 0 Å². The second-order valence-corrected chi connectivity index (χ2v) is 5.40. The third-order valence-corrected chi connectivity index (χ3v) is 3.81.